The summed E-state index contributed by atoms with van der Waals surface area (Å²) in [4.78, 5) is 0. The average Bonchev–Trinajstić information content (AvgIpc) is 2.85. The van der Waals surface area contributed by atoms with Gasteiger partial charge < -0.3 is 10.1 Å². The first-order valence-electron chi connectivity index (χ1n) is 7.19. The van der Waals surface area contributed by atoms with E-state index in [0.717, 1.165) is 26.1 Å². The fraction of sp³-hybridized carbons (Fsp3) is 0.625. The second kappa shape index (κ2) is 6.91. The maximum Gasteiger partial charge on any atom is 0.0622 e. The molecule has 2 rings (SSSR count). The SMILES string of the molecule is CCCOCC(Cc1ccc2c(c1)CCC2)NC. The maximum atomic E-state index is 5.64. The summed E-state index contributed by atoms with van der Waals surface area (Å²) in [5.41, 5.74) is 4.56. The van der Waals surface area contributed by atoms with Crippen molar-refractivity contribution in [3.05, 3.63) is 34.9 Å². The second-order valence-corrected chi connectivity index (χ2v) is 5.22. The van der Waals surface area contributed by atoms with Gasteiger partial charge in [-0.1, -0.05) is 25.1 Å². The third-order valence-electron chi connectivity index (χ3n) is 3.72. The average molecular weight is 247 g/mol. The van der Waals surface area contributed by atoms with Gasteiger partial charge in [-0.3, -0.25) is 0 Å². The molecule has 0 bridgehead atoms. The van der Waals surface area contributed by atoms with Crippen LogP contribution in [0, 0.1) is 0 Å². The minimum absolute atomic E-state index is 0.427. The lowest BCUT2D eigenvalue weighted by Gasteiger charge is -2.17. The molecule has 1 aliphatic rings. The zero-order valence-corrected chi connectivity index (χ0v) is 11.7. The van der Waals surface area contributed by atoms with E-state index in [1.54, 1.807) is 11.1 Å². The quantitative estimate of drug-likeness (QED) is 0.748. The van der Waals surface area contributed by atoms with Crippen LogP contribution in [0.3, 0.4) is 0 Å². The first-order valence-corrected chi connectivity index (χ1v) is 7.19. The molecule has 1 aromatic carbocycles. The van der Waals surface area contributed by atoms with Crippen molar-refractivity contribution in [1.29, 1.82) is 0 Å². The highest BCUT2D eigenvalue weighted by Gasteiger charge is 2.13. The van der Waals surface area contributed by atoms with Gasteiger partial charge in [0.25, 0.3) is 0 Å². The van der Waals surface area contributed by atoms with Crippen LogP contribution in [0.15, 0.2) is 18.2 Å². The first-order chi connectivity index (χ1) is 8.83. The number of rotatable bonds is 7. The number of aryl methyl sites for hydroxylation is 2. The number of fused-ring (bicyclic) bond motifs is 1. The zero-order chi connectivity index (χ0) is 12.8. The van der Waals surface area contributed by atoms with Crippen molar-refractivity contribution in [2.75, 3.05) is 20.3 Å². The molecule has 100 valence electrons. The Morgan fingerprint density at radius 2 is 2.11 bits per heavy atom. The molecule has 0 saturated carbocycles. The second-order valence-electron chi connectivity index (χ2n) is 5.22. The molecule has 1 N–H and O–H groups in total. The molecule has 18 heavy (non-hydrogen) atoms. The molecule has 0 fully saturated rings. The van der Waals surface area contributed by atoms with Gasteiger partial charge in [-0.05, 0) is 55.8 Å². The van der Waals surface area contributed by atoms with E-state index < -0.39 is 0 Å². The summed E-state index contributed by atoms with van der Waals surface area (Å²) in [7, 11) is 2.02. The fourth-order valence-corrected chi connectivity index (χ4v) is 2.65. The summed E-state index contributed by atoms with van der Waals surface area (Å²) in [5, 5.41) is 3.35. The Labute approximate surface area is 111 Å². The Morgan fingerprint density at radius 1 is 1.28 bits per heavy atom. The molecular formula is C16H25NO. The minimum atomic E-state index is 0.427. The highest BCUT2D eigenvalue weighted by molar-refractivity contribution is 5.35. The van der Waals surface area contributed by atoms with Crippen molar-refractivity contribution in [2.24, 2.45) is 0 Å². The monoisotopic (exact) mass is 247 g/mol. The molecular weight excluding hydrogens is 222 g/mol. The summed E-state index contributed by atoms with van der Waals surface area (Å²) < 4.78 is 5.64. The summed E-state index contributed by atoms with van der Waals surface area (Å²) in [6.45, 7) is 3.82. The molecule has 0 heterocycles. The van der Waals surface area contributed by atoms with Gasteiger partial charge in [-0.15, -0.1) is 0 Å². The predicted octanol–water partition coefficient (Wildman–Crippen LogP) is 2.73. The molecule has 1 aromatic rings. The minimum Gasteiger partial charge on any atom is -0.380 e. The molecule has 2 heteroatoms. The third-order valence-corrected chi connectivity index (χ3v) is 3.72. The molecule has 0 saturated heterocycles. The zero-order valence-electron chi connectivity index (χ0n) is 11.7. The molecule has 0 aromatic heterocycles. The highest BCUT2D eigenvalue weighted by atomic mass is 16.5. The van der Waals surface area contributed by atoms with Crippen LogP contribution < -0.4 is 5.32 Å². The van der Waals surface area contributed by atoms with E-state index in [1.807, 2.05) is 7.05 Å². The molecule has 1 atom stereocenters. The Bertz CT molecular complexity index is 375. The van der Waals surface area contributed by atoms with E-state index in [0.29, 0.717) is 6.04 Å². The van der Waals surface area contributed by atoms with Crippen LogP contribution in [0.2, 0.25) is 0 Å². The van der Waals surface area contributed by atoms with E-state index in [1.165, 1.54) is 24.8 Å². The van der Waals surface area contributed by atoms with Crippen molar-refractivity contribution in [3.8, 4) is 0 Å². The van der Waals surface area contributed by atoms with Gasteiger partial charge in [0.15, 0.2) is 0 Å². The largest absolute Gasteiger partial charge is 0.380 e. The lowest BCUT2D eigenvalue weighted by Crippen LogP contribution is -2.32. The summed E-state index contributed by atoms with van der Waals surface area (Å²) in [6, 6.07) is 7.42. The van der Waals surface area contributed by atoms with Crippen molar-refractivity contribution in [3.63, 3.8) is 0 Å². The summed E-state index contributed by atoms with van der Waals surface area (Å²) >= 11 is 0. The predicted molar refractivity (Wildman–Crippen MR) is 76.1 cm³/mol. The third kappa shape index (κ3) is 3.56. The Balaban J connectivity index is 1.90. The molecule has 0 radical (unpaired) electrons. The Kier molecular flexibility index (Phi) is 5.21. The number of hydrogen-bond acceptors (Lipinski definition) is 2. The first kappa shape index (κ1) is 13.6. The van der Waals surface area contributed by atoms with Gasteiger partial charge in [-0.2, -0.15) is 0 Å². The van der Waals surface area contributed by atoms with Gasteiger partial charge in [0.05, 0.1) is 6.61 Å². The molecule has 1 unspecified atom stereocenters. The lowest BCUT2D eigenvalue weighted by atomic mass is 10.0. The standard InChI is InChI=1S/C16H25NO/c1-3-9-18-12-16(17-2)11-13-7-8-14-5-4-6-15(14)10-13/h7-8,10,16-17H,3-6,9,11-12H2,1-2H3. The molecule has 2 nitrogen and oxygen atoms in total. The maximum absolute atomic E-state index is 5.64. The number of ether oxygens (including phenoxy) is 1. The highest BCUT2D eigenvalue weighted by Crippen LogP contribution is 2.23. The fourth-order valence-electron chi connectivity index (χ4n) is 2.65. The van der Waals surface area contributed by atoms with Gasteiger partial charge >= 0.3 is 0 Å². The topological polar surface area (TPSA) is 21.3 Å². The molecule has 1 aliphatic carbocycles. The van der Waals surface area contributed by atoms with E-state index in [4.69, 9.17) is 4.74 Å². The van der Waals surface area contributed by atoms with Crippen molar-refractivity contribution in [1.82, 2.24) is 5.32 Å². The number of hydrogen-bond donors (Lipinski definition) is 1. The molecule has 0 amide bonds. The van der Waals surface area contributed by atoms with Gasteiger partial charge in [0.1, 0.15) is 0 Å². The van der Waals surface area contributed by atoms with Gasteiger partial charge in [0.2, 0.25) is 0 Å². The molecule has 0 aliphatic heterocycles. The van der Waals surface area contributed by atoms with Crippen molar-refractivity contribution < 1.29 is 4.74 Å². The van der Waals surface area contributed by atoms with E-state index in [2.05, 4.69) is 30.4 Å². The number of benzene rings is 1. The van der Waals surface area contributed by atoms with E-state index in [9.17, 15) is 0 Å². The van der Waals surface area contributed by atoms with Crippen LogP contribution in [0.5, 0.6) is 0 Å². The summed E-state index contributed by atoms with van der Waals surface area (Å²) in [6.07, 6.45) is 6.01. The Morgan fingerprint density at radius 3 is 2.89 bits per heavy atom. The smallest absolute Gasteiger partial charge is 0.0622 e. The van der Waals surface area contributed by atoms with Gasteiger partial charge in [-0.25, -0.2) is 0 Å². The molecule has 0 spiro atoms. The lowest BCUT2D eigenvalue weighted by molar-refractivity contribution is 0.114. The van der Waals surface area contributed by atoms with Crippen molar-refractivity contribution in [2.45, 2.75) is 45.1 Å². The van der Waals surface area contributed by atoms with Crippen LogP contribution in [0.25, 0.3) is 0 Å². The number of likely N-dealkylation sites (N-methyl/N-ethyl adjacent to an activating group) is 1. The van der Waals surface area contributed by atoms with Crippen molar-refractivity contribution >= 4 is 0 Å². The Hall–Kier alpha value is -0.860. The van der Waals surface area contributed by atoms with Crippen LogP contribution in [-0.2, 0) is 24.0 Å². The van der Waals surface area contributed by atoms with Crippen LogP contribution >= 0.6 is 0 Å². The number of nitrogens with one attached hydrogen (secondary N) is 1. The van der Waals surface area contributed by atoms with Crippen LogP contribution in [0.1, 0.15) is 36.5 Å². The van der Waals surface area contributed by atoms with Crippen LogP contribution in [0.4, 0.5) is 0 Å². The van der Waals surface area contributed by atoms with E-state index >= 15 is 0 Å². The summed E-state index contributed by atoms with van der Waals surface area (Å²) in [5.74, 6) is 0. The van der Waals surface area contributed by atoms with E-state index in [-0.39, 0.29) is 0 Å². The normalized spacial score (nSPS) is 15.7. The van der Waals surface area contributed by atoms with Gasteiger partial charge in [0, 0.05) is 12.6 Å². The van der Waals surface area contributed by atoms with Crippen LogP contribution in [-0.4, -0.2) is 26.3 Å².